The Morgan fingerprint density at radius 1 is 1.35 bits per heavy atom. The van der Waals surface area contributed by atoms with Crippen LogP contribution in [0.2, 0.25) is 0 Å². The van der Waals surface area contributed by atoms with E-state index in [4.69, 9.17) is 8.94 Å². The number of anilines is 1. The molecule has 2 heterocycles. The SMILES string of the molecule is Cc1cc(F)ccc1NC(=O)CCc1nc(-c2ccco2)no1. The first kappa shape index (κ1) is 15.0. The normalized spacial score (nSPS) is 10.7. The van der Waals surface area contributed by atoms with E-state index >= 15 is 0 Å². The Hall–Kier alpha value is -2.96. The fourth-order valence-corrected chi connectivity index (χ4v) is 2.06. The summed E-state index contributed by atoms with van der Waals surface area (Å²) in [6, 6.07) is 7.65. The topological polar surface area (TPSA) is 81.2 Å². The molecule has 0 aliphatic heterocycles. The first-order valence-electron chi connectivity index (χ1n) is 7.04. The van der Waals surface area contributed by atoms with Crippen molar-refractivity contribution in [3.8, 4) is 11.6 Å². The monoisotopic (exact) mass is 315 g/mol. The minimum absolute atomic E-state index is 0.177. The molecule has 0 saturated heterocycles. The molecule has 0 atom stereocenters. The van der Waals surface area contributed by atoms with E-state index in [1.54, 1.807) is 19.1 Å². The lowest BCUT2D eigenvalue weighted by molar-refractivity contribution is -0.116. The number of aryl methyl sites for hydroxylation is 2. The van der Waals surface area contributed by atoms with Crippen molar-refractivity contribution < 1.29 is 18.1 Å². The van der Waals surface area contributed by atoms with Gasteiger partial charge in [0.2, 0.25) is 17.6 Å². The Morgan fingerprint density at radius 2 is 2.22 bits per heavy atom. The van der Waals surface area contributed by atoms with Crippen molar-refractivity contribution in [3.63, 3.8) is 0 Å². The van der Waals surface area contributed by atoms with Crippen LogP contribution in [0.1, 0.15) is 17.9 Å². The van der Waals surface area contributed by atoms with Gasteiger partial charge in [-0.15, -0.1) is 0 Å². The Bertz CT molecular complexity index is 812. The van der Waals surface area contributed by atoms with Crippen molar-refractivity contribution in [2.75, 3.05) is 5.32 Å². The lowest BCUT2D eigenvalue weighted by atomic mass is 10.2. The van der Waals surface area contributed by atoms with Gasteiger partial charge in [-0.25, -0.2) is 4.39 Å². The van der Waals surface area contributed by atoms with Gasteiger partial charge in [0, 0.05) is 18.5 Å². The van der Waals surface area contributed by atoms with Crippen LogP contribution in [0.5, 0.6) is 0 Å². The van der Waals surface area contributed by atoms with Crippen LogP contribution in [0.3, 0.4) is 0 Å². The molecule has 0 spiro atoms. The Kier molecular flexibility index (Phi) is 4.18. The van der Waals surface area contributed by atoms with Gasteiger partial charge >= 0.3 is 0 Å². The van der Waals surface area contributed by atoms with Gasteiger partial charge in [-0.3, -0.25) is 4.79 Å². The largest absolute Gasteiger partial charge is 0.461 e. The highest BCUT2D eigenvalue weighted by molar-refractivity contribution is 5.91. The zero-order valence-corrected chi connectivity index (χ0v) is 12.4. The number of amides is 1. The third kappa shape index (κ3) is 3.63. The molecule has 0 saturated carbocycles. The second kappa shape index (κ2) is 6.43. The average Bonchev–Trinajstić information content (AvgIpc) is 3.18. The highest BCUT2D eigenvalue weighted by atomic mass is 19.1. The molecule has 1 N–H and O–H groups in total. The number of benzene rings is 1. The van der Waals surface area contributed by atoms with Crippen molar-refractivity contribution in [2.24, 2.45) is 0 Å². The van der Waals surface area contributed by atoms with Crippen LogP contribution in [-0.4, -0.2) is 16.0 Å². The standard InChI is InChI=1S/C16H14FN3O3/c1-10-9-11(17)4-5-12(10)18-14(21)6-7-15-19-16(20-23-15)13-3-2-8-22-13/h2-5,8-9H,6-7H2,1H3,(H,18,21). The van der Waals surface area contributed by atoms with E-state index in [-0.39, 0.29) is 18.1 Å². The molecule has 3 rings (SSSR count). The number of halogens is 1. The van der Waals surface area contributed by atoms with E-state index < -0.39 is 0 Å². The molecule has 0 unspecified atom stereocenters. The summed E-state index contributed by atoms with van der Waals surface area (Å²) >= 11 is 0. The van der Waals surface area contributed by atoms with Crippen LogP contribution in [0.15, 0.2) is 45.5 Å². The number of carbonyl (C=O) groups excluding carboxylic acids is 1. The van der Waals surface area contributed by atoms with E-state index in [0.717, 1.165) is 0 Å². The van der Waals surface area contributed by atoms with Crippen molar-refractivity contribution >= 4 is 11.6 Å². The average molecular weight is 315 g/mol. The summed E-state index contributed by atoms with van der Waals surface area (Å²) in [7, 11) is 0. The van der Waals surface area contributed by atoms with Gasteiger partial charge < -0.3 is 14.3 Å². The number of furan rings is 1. The number of carbonyl (C=O) groups is 1. The number of rotatable bonds is 5. The fourth-order valence-electron chi connectivity index (χ4n) is 2.06. The maximum atomic E-state index is 13.0. The van der Waals surface area contributed by atoms with Crippen LogP contribution < -0.4 is 5.32 Å². The van der Waals surface area contributed by atoms with Gasteiger partial charge in [0.1, 0.15) is 5.82 Å². The molecule has 118 valence electrons. The molecule has 2 aromatic heterocycles. The zero-order chi connectivity index (χ0) is 16.2. The van der Waals surface area contributed by atoms with Gasteiger partial charge in [-0.2, -0.15) is 4.98 Å². The van der Waals surface area contributed by atoms with E-state index in [1.165, 1.54) is 24.5 Å². The number of nitrogens with zero attached hydrogens (tertiary/aromatic N) is 2. The Morgan fingerprint density at radius 3 is 2.96 bits per heavy atom. The van der Waals surface area contributed by atoms with Crippen molar-refractivity contribution in [1.29, 1.82) is 0 Å². The lowest BCUT2D eigenvalue weighted by Crippen LogP contribution is -2.13. The highest BCUT2D eigenvalue weighted by Crippen LogP contribution is 2.18. The summed E-state index contributed by atoms with van der Waals surface area (Å²) in [6.45, 7) is 1.73. The number of aromatic nitrogens is 2. The first-order valence-corrected chi connectivity index (χ1v) is 7.04. The van der Waals surface area contributed by atoms with Crippen LogP contribution in [0.4, 0.5) is 10.1 Å². The third-order valence-corrected chi connectivity index (χ3v) is 3.24. The Labute approximate surface area is 131 Å². The van der Waals surface area contributed by atoms with Crippen LogP contribution in [-0.2, 0) is 11.2 Å². The number of hydrogen-bond donors (Lipinski definition) is 1. The molecule has 1 aromatic carbocycles. The molecule has 1 amide bonds. The quantitative estimate of drug-likeness (QED) is 0.781. The van der Waals surface area contributed by atoms with E-state index in [9.17, 15) is 9.18 Å². The minimum atomic E-state index is -0.336. The molecule has 0 aliphatic rings. The lowest BCUT2D eigenvalue weighted by Gasteiger charge is -2.07. The van der Waals surface area contributed by atoms with Gasteiger partial charge in [0.05, 0.1) is 6.26 Å². The number of nitrogens with one attached hydrogen (secondary N) is 1. The predicted octanol–water partition coefficient (Wildman–Crippen LogP) is 3.35. The highest BCUT2D eigenvalue weighted by Gasteiger charge is 2.13. The maximum absolute atomic E-state index is 13.0. The third-order valence-electron chi connectivity index (χ3n) is 3.24. The summed E-state index contributed by atoms with van der Waals surface area (Å²) in [5, 5.41) is 6.52. The molecule has 7 heteroatoms. The molecule has 0 radical (unpaired) electrons. The molecule has 0 fully saturated rings. The summed E-state index contributed by atoms with van der Waals surface area (Å²) in [5.41, 5.74) is 1.24. The van der Waals surface area contributed by atoms with Crippen molar-refractivity contribution in [3.05, 3.63) is 53.9 Å². The zero-order valence-electron chi connectivity index (χ0n) is 12.4. The summed E-state index contributed by atoms with van der Waals surface area (Å²) < 4.78 is 23.3. The van der Waals surface area contributed by atoms with E-state index in [1.807, 2.05) is 0 Å². The van der Waals surface area contributed by atoms with Crippen LogP contribution in [0.25, 0.3) is 11.6 Å². The van der Waals surface area contributed by atoms with Crippen molar-refractivity contribution in [2.45, 2.75) is 19.8 Å². The van der Waals surface area contributed by atoms with Crippen molar-refractivity contribution in [1.82, 2.24) is 10.1 Å². The summed E-state index contributed by atoms with van der Waals surface area (Å²) in [4.78, 5) is 16.1. The van der Waals surface area contributed by atoms with E-state index in [2.05, 4.69) is 15.5 Å². The van der Waals surface area contributed by atoms with Gasteiger partial charge in [0.25, 0.3) is 0 Å². The molecule has 0 aliphatic carbocycles. The molecule has 3 aromatic rings. The molecular weight excluding hydrogens is 301 g/mol. The van der Waals surface area contributed by atoms with Gasteiger partial charge in [-0.1, -0.05) is 5.16 Å². The Balaban J connectivity index is 1.57. The number of hydrogen-bond acceptors (Lipinski definition) is 5. The van der Waals surface area contributed by atoms with Gasteiger partial charge in [-0.05, 0) is 42.8 Å². The van der Waals surface area contributed by atoms with Gasteiger partial charge in [0.15, 0.2) is 5.76 Å². The second-order valence-electron chi connectivity index (χ2n) is 5.00. The molecule has 6 nitrogen and oxygen atoms in total. The summed E-state index contributed by atoms with van der Waals surface area (Å²) in [6.07, 6.45) is 2.00. The smallest absolute Gasteiger partial charge is 0.238 e. The van der Waals surface area contributed by atoms with Crippen LogP contribution >= 0.6 is 0 Å². The predicted molar refractivity (Wildman–Crippen MR) is 80.1 cm³/mol. The molecule has 23 heavy (non-hydrogen) atoms. The maximum Gasteiger partial charge on any atom is 0.238 e. The summed E-state index contributed by atoms with van der Waals surface area (Å²) in [5.74, 6) is 0.655. The first-order chi connectivity index (χ1) is 11.1. The minimum Gasteiger partial charge on any atom is -0.461 e. The van der Waals surface area contributed by atoms with E-state index in [0.29, 0.717) is 35.1 Å². The van der Waals surface area contributed by atoms with Crippen LogP contribution in [0, 0.1) is 12.7 Å². The second-order valence-corrected chi connectivity index (χ2v) is 5.00. The molecular formula is C16H14FN3O3. The fraction of sp³-hybridized carbons (Fsp3) is 0.188. The molecule has 0 bridgehead atoms.